The number of hydrogen-bond donors (Lipinski definition) is 2. The molecular weight excluding hydrogens is 284 g/mol. The van der Waals surface area contributed by atoms with Crippen LogP contribution in [0, 0.1) is 0 Å². The molecule has 138 valence electrons. The molecule has 0 amide bonds. The van der Waals surface area contributed by atoms with Crippen LogP contribution in [0.4, 0.5) is 0 Å². The maximum Gasteiger partial charge on any atom is 0.0598 e. The van der Waals surface area contributed by atoms with E-state index in [4.69, 9.17) is 5.11 Å². The van der Waals surface area contributed by atoms with E-state index in [0.29, 0.717) is 6.17 Å². The Hall–Kier alpha value is -0.120. The zero-order valence-corrected chi connectivity index (χ0v) is 15.7. The molecule has 23 heavy (non-hydrogen) atoms. The van der Waals surface area contributed by atoms with E-state index in [1.165, 1.54) is 89.9 Å². The van der Waals surface area contributed by atoms with Gasteiger partial charge >= 0.3 is 0 Å². The molecule has 0 spiro atoms. The Labute approximate surface area is 145 Å². The first-order valence-corrected chi connectivity index (χ1v) is 10.5. The highest BCUT2D eigenvalue weighted by molar-refractivity contribution is 4.77. The van der Waals surface area contributed by atoms with Crippen LogP contribution in [0.3, 0.4) is 0 Å². The van der Waals surface area contributed by atoms with E-state index in [-0.39, 0.29) is 6.61 Å². The molecule has 1 heterocycles. The normalized spacial score (nSPS) is 18.8. The van der Waals surface area contributed by atoms with Crippen molar-refractivity contribution in [1.82, 2.24) is 10.2 Å². The molecule has 3 heteroatoms. The monoisotopic (exact) mass is 326 g/mol. The van der Waals surface area contributed by atoms with Gasteiger partial charge in [0, 0.05) is 19.6 Å². The van der Waals surface area contributed by atoms with Crippen LogP contribution in [-0.2, 0) is 0 Å². The molecule has 0 radical (unpaired) electrons. The summed E-state index contributed by atoms with van der Waals surface area (Å²) >= 11 is 0. The molecule has 0 aromatic heterocycles. The zero-order valence-electron chi connectivity index (χ0n) is 15.7. The van der Waals surface area contributed by atoms with Crippen LogP contribution in [0.15, 0.2) is 0 Å². The van der Waals surface area contributed by atoms with Crippen molar-refractivity contribution in [3.8, 4) is 0 Å². The van der Waals surface area contributed by atoms with Gasteiger partial charge in [-0.1, -0.05) is 90.4 Å². The van der Waals surface area contributed by atoms with Crippen molar-refractivity contribution >= 4 is 0 Å². The number of unbranched alkanes of at least 4 members (excludes halogenated alkanes) is 12. The maximum absolute atomic E-state index is 9.06. The second-order valence-electron chi connectivity index (χ2n) is 7.26. The van der Waals surface area contributed by atoms with E-state index >= 15 is 0 Å². The highest BCUT2D eigenvalue weighted by Gasteiger charge is 2.22. The van der Waals surface area contributed by atoms with Gasteiger partial charge in [0.15, 0.2) is 0 Å². The lowest BCUT2D eigenvalue weighted by Crippen LogP contribution is -2.37. The van der Waals surface area contributed by atoms with Crippen molar-refractivity contribution in [2.45, 2.75) is 103 Å². The molecule has 2 N–H and O–H groups in total. The number of nitrogens with zero attached hydrogens (tertiary/aromatic N) is 1. The molecule has 0 aromatic rings. The number of rotatable bonds is 16. The van der Waals surface area contributed by atoms with E-state index in [1.54, 1.807) is 0 Å². The number of aliphatic hydroxyl groups is 1. The number of β-amino-alcohol motifs (C(OH)–C–C–N with tert-alkyl or cyclic N) is 1. The SMILES string of the molecule is CCCCCCCCCCCCCCCC1NCCN1CCO. The molecule has 0 bridgehead atoms. The van der Waals surface area contributed by atoms with E-state index in [1.807, 2.05) is 0 Å². The summed E-state index contributed by atoms with van der Waals surface area (Å²) in [6.45, 7) is 5.59. The van der Waals surface area contributed by atoms with Crippen molar-refractivity contribution in [3.63, 3.8) is 0 Å². The quantitative estimate of drug-likeness (QED) is 0.404. The summed E-state index contributed by atoms with van der Waals surface area (Å²) in [5.74, 6) is 0. The minimum Gasteiger partial charge on any atom is -0.395 e. The van der Waals surface area contributed by atoms with Gasteiger partial charge in [-0.15, -0.1) is 0 Å². The Morgan fingerprint density at radius 1 is 0.826 bits per heavy atom. The molecule has 1 aliphatic heterocycles. The Morgan fingerprint density at radius 2 is 1.35 bits per heavy atom. The van der Waals surface area contributed by atoms with Crippen molar-refractivity contribution in [3.05, 3.63) is 0 Å². The molecule has 1 rings (SSSR count). The molecule has 0 aliphatic carbocycles. The van der Waals surface area contributed by atoms with Gasteiger partial charge < -0.3 is 10.4 Å². The molecule has 0 aromatic carbocycles. The summed E-state index contributed by atoms with van der Waals surface area (Å²) in [5.41, 5.74) is 0. The van der Waals surface area contributed by atoms with E-state index in [2.05, 4.69) is 17.1 Å². The van der Waals surface area contributed by atoms with Gasteiger partial charge in [-0.2, -0.15) is 0 Å². The summed E-state index contributed by atoms with van der Waals surface area (Å²) in [6, 6.07) is 0. The summed E-state index contributed by atoms with van der Waals surface area (Å²) in [5, 5.41) is 12.6. The third-order valence-corrected chi connectivity index (χ3v) is 5.19. The summed E-state index contributed by atoms with van der Waals surface area (Å²) in [6.07, 6.45) is 20.2. The number of hydrogen-bond acceptors (Lipinski definition) is 3. The lowest BCUT2D eigenvalue weighted by Gasteiger charge is -2.22. The average Bonchev–Trinajstić information content (AvgIpc) is 2.99. The van der Waals surface area contributed by atoms with Gasteiger partial charge in [0.2, 0.25) is 0 Å². The lowest BCUT2D eigenvalue weighted by atomic mass is 10.0. The second-order valence-corrected chi connectivity index (χ2v) is 7.26. The molecule has 0 saturated carbocycles. The van der Waals surface area contributed by atoms with E-state index in [0.717, 1.165) is 19.6 Å². The third kappa shape index (κ3) is 11.1. The Bertz CT molecular complexity index is 248. The lowest BCUT2D eigenvalue weighted by molar-refractivity contribution is 0.171. The molecule has 1 unspecified atom stereocenters. The molecule has 1 saturated heterocycles. The fraction of sp³-hybridized carbons (Fsp3) is 1.00. The Morgan fingerprint density at radius 3 is 1.87 bits per heavy atom. The number of aliphatic hydroxyl groups excluding tert-OH is 1. The predicted molar refractivity (Wildman–Crippen MR) is 101 cm³/mol. The van der Waals surface area contributed by atoms with Crippen LogP contribution in [0.5, 0.6) is 0 Å². The topological polar surface area (TPSA) is 35.5 Å². The van der Waals surface area contributed by atoms with E-state index < -0.39 is 0 Å². The largest absolute Gasteiger partial charge is 0.395 e. The smallest absolute Gasteiger partial charge is 0.0598 e. The first-order chi connectivity index (χ1) is 11.4. The van der Waals surface area contributed by atoms with Crippen LogP contribution in [0.25, 0.3) is 0 Å². The Kier molecular flexibility index (Phi) is 14.0. The molecule has 3 nitrogen and oxygen atoms in total. The van der Waals surface area contributed by atoms with Gasteiger partial charge in [-0.25, -0.2) is 0 Å². The highest BCUT2D eigenvalue weighted by Crippen LogP contribution is 2.15. The van der Waals surface area contributed by atoms with Crippen LogP contribution in [0.2, 0.25) is 0 Å². The molecule has 1 atom stereocenters. The van der Waals surface area contributed by atoms with Crippen molar-refractivity contribution in [1.29, 1.82) is 0 Å². The minimum atomic E-state index is 0.288. The fourth-order valence-corrected chi connectivity index (χ4v) is 3.70. The highest BCUT2D eigenvalue weighted by atomic mass is 16.3. The fourth-order valence-electron chi connectivity index (χ4n) is 3.70. The summed E-state index contributed by atoms with van der Waals surface area (Å²) in [7, 11) is 0. The summed E-state index contributed by atoms with van der Waals surface area (Å²) in [4.78, 5) is 2.39. The van der Waals surface area contributed by atoms with Gasteiger partial charge in [0.25, 0.3) is 0 Å². The van der Waals surface area contributed by atoms with Gasteiger partial charge in [0.05, 0.1) is 12.8 Å². The van der Waals surface area contributed by atoms with Crippen molar-refractivity contribution < 1.29 is 5.11 Å². The maximum atomic E-state index is 9.06. The third-order valence-electron chi connectivity index (χ3n) is 5.19. The van der Waals surface area contributed by atoms with Gasteiger partial charge in [-0.05, 0) is 6.42 Å². The zero-order chi connectivity index (χ0) is 16.6. The average molecular weight is 327 g/mol. The molecular formula is C20H42N2O. The summed E-state index contributed by atoms with van der Waals surface area (Å²) < 4.78 is 0. The van der Waals surface area contributed by atoms with Crippen LogP contribution in [-0.4, -0.2) is 42.4 Å². The first kappa shape index (κ1) is 20.9. The van der Waals surface area contributed by atoms with Crippen LogP contribution in [0.1, 0.15) is 96.8 Å². The number of nitrogens with one attached hydrogen (secondary N) is 1. The van der Waals surface area contributed by atoms with Gasteiger partial charge in [-0.3, -0.25) is 4.90 Å². The van der Waals surface area contributed by atoms with Crippen molar-refractivity contribution in [2.75, 3.05) is 26.2 Å². The van der Waals surface area contributed by atoms with Crippen LogP contribution < -0.4 is 5.32 Å². The predicted octanol–water partition coefficient (Wildman–Crippen LogP) is 4.69. The van der Waals surface area contributed by atoms with E-state index in [9.17, 15) is 0 Å². The van der Waals surface area contributed by atoms with Crippen LogP contribution >= 0.6 is 0 Å². The minimum absolute atomic E-state index is 0.288. The first-order valence-electron chi connectivity index (χ1n) is 10.5. The van der Waals surface area contributed by atoms with Crippen molar-refractivity contribution in [2.24, 2.45) is 0 Å². The molecule has 1 fully saturated rings. The molecule has 1 aliphatic rings. The standard InChI is InChI=1S/C20H42N2O/c1-2-3-4-5-6-7-8-9-10-11-12-13-14-15-20-21-16-17-22(20)18-19-23/h20-21,23H,2-19H2,1H3. The van der Waals surface area contributed by atoms with Gasteiger partial charge in [0.1, 0.15) is 0 Å². The second kappa shape index (κ2) is 15.4. The Balaban J connectivity index is 1.78.